The van der Waals surface area contributed by atoms with Crippen LogP contribution < -0.4 is 5.32 Å². The fraction of sp³-hybridized carbons (Fsp3) is 0.440. The molecule has 3 atom stereocenters. The number of hydrogen-bond donors (Lipinski definition) is 6. The summed E-state index contributed by atoms with van der Waals surface area (Å²) in [6.07, 6.45) is -3.48. The topological polar surface area (TPSA) is 151 Å². The molecule has 0 aliphatic carbocycles. The number of carboxylic acids is 2. The van der Waals surface area contributed by atoms with Gasteiger partial charge in [0.25, 0.3) is 0 Å². The third kappa shape index (κ3) is 9.00. The van der Waals surface area contributed by atoms with E-state index < -0.39 is 29.7 Å². The van der Waals surface area contributed by atoms with Crippen molar-refractivity contribution in [2.24, 2.45) is 0 Å². The molecule has 0 radical (unpaired) electrons. The number of aliphatic hydroxyl groups excluding tert-OH is 2. The Bertz CT molecular complexity index is 958. The third-order valence-electron chi connectivity index (χ3n) is 5.47. The standard InChI is InChI=1S/C21H27FN2O.C4H6O6/c1-21(2,25)15-24(19-10-11-23-13-19)14-17-12-18(22)8-9-20(17)16-6-4-3-5-7-16;5-1(3(7)8)2(6)4(9)10/h3-9,12,19,23,25H,10-11,13-15H2,1-2H3;1-2,5-6H,(H,7,8)(H,9,10)/t19-;/m0./s1. The summed E-state index contributed by atoms with van der Waals surface area (Å²) in [4.78, 5) is 21.8. The first-order chi connectivity index (χ1) is 16.4. The quantitative estimate of drug-likeness (QED) is 0.304. The van der Waals surface area contributed by atoms with Crippen molar-refractivity contribution in [3.8, 4) is 11.1 Å². The summed E-state index contributed by atoms with van der Waals surface area (Å²) in [6, 6.07) is 15.4. The Morgan fingerprint density at radius 3 is 2.17 bits per heavy atom. The van der Waals surface area contributed by atoms with Crippen molar-refractivity contribution in [2.45, 2.75) is 50.7 Å². The first-order valence-corrected chi connectivity index (χ1v) is 11.2. The summed E-state index contributed by atoms with van der Waals surface area (Å²) in [7, 11) is 0. The molecule has 1 aliphatic rings. The molecule has 2 aromatic carbocycles. The summed E-state index contributed by atoms with van der Waals surface area (Å²) >= 11 is 0. The zero-order valence-corrected chi connectivity index (χ0v) is 19.8. The van der Waals surface area contributed by atoms with Gasteiger partial charge in [0.15, 0.2) is 12.2 Å². The minimum absolute atomic E-state index is 0.220. The number of benzene rings is 2. The maximum atomic E-state index is 13.9. The number of aliphatic carboxylic acids is 2. The van der Waals surface area contributed by atoms with Gasteiger partial charge in [0.05, 0.1) is 5.60 Å². The van der Waals surface area contributed by atoms with Crippen molar-refractivity contribution < 1.29 is 39.5 Å². The highest BCUT2D eigenvalue weighted by molar-refractivity contribution is 5.83. The average molecular weight is 493 g/mol. The molecule has 0 aromatic heterocycles. The molecule has 1 saturated heterocycles. The Morgan fingerprint density at radius 1 is 1.09 bits per heavy atom. The van der Waals surface area contributed by atoms with Gasteiger partial charge in [-0.25, -0.2) is 14.0 Å². The largest absolute Gasteiger partial charge is 0.479 e. The van der Waals surface area contributed by atoms with Gasteiger partial charge in [-0.2, -0.15) is 0 Å². The van der Waals surface area contributed by atoms with E-state index in [1.54, 1.807) is 6.07 Å². The zero-order chi connectivity index (χ0) is 26.2. The normalized spacial score (nSPS) is 17.4. The van der Waals surface area contributed by atoms with E-state index in [2.05, 4.69) is 10.2 Å². The number of rotatable bonds is 9. The molecule has 3 rings (SSSR count). The van der Waals surface area contributed by atoms with Crippen LogP contribution in [0.25, 0.3) is 11.1 Å². The van der Waals surface area contributed by atoms with Crippen LogP contribution >= 0.6 is 0 Å². The van der Waals surface area contributed by atoms with Crippen molar-refractivity contribution >= 4 is 11.9 Å². The second-order valence-electron chi connectivity index (χ2n) is 9.10. The van der Waals surface area contributed by atoms with Gasteiger partial charge in [-0.15, -0.1) is 0 Å². The number of hydrogen-bond acceptors (Lipinski definition) is 7. The molecule has 0 amide bonds. The maximum Gasteiger partial charge on any atom is 0.335 e. The Balaban J connectivity index is 0.000000367. The van der Waals surface area contributed by atoms with Crippen LogP contribution in [0, 0.1) is 5.82 Å². The molecular weight excluding hydrogens is 459 g/mol. The van der Waals surface area contributed by atoms with Crippen LogP contribution in [-0.4, -0.2) is 85.9 Å². The molecule has 35 heavy (non-hydrogen) atoms. The summed E-state index contributed by atoms with van der Waals surface area (Å²) in [6.45, 7) is 6.73. The van der Waals surface area contributed by atoms with Crippen LogP contribution in [0.15, 0.2) is 48.5 Å². The predicted molar refractivity (Wildman–Crippen MR) is 127 cm³/mol. The van der Waals surface area contributed by atoms with Crippen LogP contribution in [0.5, 0.6) is 0 Å². The number of nitrogens with zero attached hydrogens (tertiary/aromatic N) is 1. The van der Waals surface area contributed by atoms with Crippen molar-refractivity contribution in [1.82, 2.24) is 10.2 Å². The summed E-state index contributed by atoms with van der Waals surface area (Å²) in [5.74, 6) is -3.76. The van der Waals surface area contributed by atoms with Crippen molar-refractivity contribution in [3.63, 3.8) is 0 Å². The van der Waals surface area contributed by atoms with Gasteiger partial charge in [-0.05, 0) is 55.6 Å². The lowest BCUT2D eigenvalue weighted by atomic mass is 9.98. The molecule has 1 heterocycles. The lowest BCUT2D eigenvalue weighted by Crippen LogP contribution is -2.45. The average Bonchev–Trinajstić information content (AvgIpc) is 3.33. The molecular formula is C25H33FN2O7. The number of carbonyl (C=O) groups is 2. The van der Waals surface area contributed by atoms with Gasteiger partial charge < -0.3 is 30.8 Å². The monoisotopic (exact) mass is 492 g/mol. The fourth-order valence-corrected chi connectivity index (χ4v) is 3.84. The van der Waals surface area contributed by atoms with Crippen LogP contribution in [0.1, 0.15) is 25.8 Å². The van der Waals surface area contributed by atoms with E-state index in [1.807, 2.05) is 50.2 Å². The Kier molecular flexibility index (Phi) is 10.3. The van der Waals surface area contributed by atoms with Gasteiger partial charge >= 0.3 is 11.9 Å². The summed E-state index contributed by atoms with van der Waals surface area (Å²) in [5, 5.41) is 46.2. The molecule has 9 nitrogen and oxygen atoms in total. The second kappa shape index (κ2) is 12.7. The van der Waals surface area contributed by atoms with E-state index in [9.17, 15) is 19.1 Å². The SMILES string of the molecule is CC(C)(O)CN(Cc1cc(F)ccc1-c1ccccc1)[C@H]1CCNC1.O=C(O)C(O)C(O)C(=O)O. The van der Waals surface area contributed by atoms with Crippen molar-refractivity contribution in [3.05, 3.63) is 59.9 Å². The minimum atomic E-state index is -2.27. The third-order valence-corrected chi connectivity index (χ3v) is 5.47. The minimum Gasteiger partial charge on any atom is -0.479 e. The molecule has 0 saturated carbocycles. The molecule has 2 unspecified atom stereocenters. The van der Waals surface area contributed by atoms with E-state index in [4.69, 9.17) is 20.4 Å². The predicted octanol–water partition coefficient (Wildman–Crippen LogP) is 1.30. The van der Waals surface area contributed by atoms with Gasteiger partial charge in [0, 0.05) is 25.7 Å². The molecule has 1 fully saturated rings. The van der Waals surface area contributed by atoms with Crippen molar-refractivity contribution in [1.29, 1.82) is 0 Å². The summed E-state index contributed by atoms with van der Waals surface area (Å²) in [5.41, 5.74) is 2.31. The van der Waals surface area contributed by atoms with Crippen LogP contribution in [0.4, 0.5) is 4.39 Å². The van der Waals surface area contributed by atoms with E-state index in [0.717, 1.165) is 36.2 Å². The lowest BCUT2D eigenvalue weighted by molar-refractivity contribution is -0.165. The van der Waals surface area contributed by atoms with E-state index in [-0.39, 0.29) is 5.82 Å². The smallest absolute Gasteiger partial charge is 0.335 e. The van der Waals surface area contributed by atoms with E-state index in [0.29, 0.717) is 19.1 Å². The zero-order valence-electron chi connectivity index (χ0n) is 19.8. The van der Waals surface area contributed by atoms with Crippen LogP contribution in [0.2, 0.25) is 0 Å². The van der Waals surface area contributed by atoms with Gasteiger partial charge in [-0.1, -0.05) is 36.4 Å². The number of aliphatic hydroxyl groups is 3. The number of nitrogens with one attached hydrogen (secondary N) is 1. The highest BCUT2D eigenvalue weighted by Crippen LogP contribution is 2.27. The fourth-order valence-electron chi connectivity index (χ4n) is 3.84. The number of carboxylic acid groups (broad SMARTS) is 2. The van der Waals surface area contributed by atoms with Gasteiger partial charge in [-0.3, -0.25) is 4.90 Å². The molecule has 0 spiro atoms. The first kappa shape index (κ1) is 28.3. The molecule has 10 heteroatoms. The highest BCUT2D eigenvalue weighted by atomic mass is 19.1. The Morgan fingerprint density at radius 2 is 1.69 bits per heavy atom. The second-order valence-corrected chi connectivity index (χ2v) is 9.10. The Labute approximate surface area is 203 Å². The van der Waals surface area contributed by atoms with Gasteiger partial charge in [0.2, 0.25) is 0 Å². The molecule has 6 N–H and O–H groups in total. The number of halogens is 1. The molecule has 1 aliphatic heterocycles. The highest BCUT2D eigenvalue weighted by Gasteiger charge is 2.29. The maximum absolute atomic E-state index is 13.9. The van der Waals surface area contributed by atoms with E-state index >= 15 is 0 Å². The first-order valence-electron chi connectivity index (χ1n) is 11.2. The van der Waals surface area contributed by atoms with Crippen LogP contribution in [-0.2, 0) is 16.1 Å². The van der Waals surface area contributed by atoms with Crippen LogP contribution in [0.3, 0.4) is 0 Å². The Hall–Kier alpha value is -2.89. The van der Waals surface area contributed by atoms with E-state index in [1.165, 1.54) is 6.07 Å². The lowest BCUT2D eigenvalue weighted by Gasteiger charge is -2.34. The molecule has 192 valence electrons. The molecule has 2 aromatic rings. The van der Waals surface area contributed by atoms with Gasteiger partial charge in [0.1, 0.15) is 5.82 Å². The van der Waals surface area contributed by atoms with Crippen molar-refractivity contribution in [2.75, 3.05) is 19.6 Å². The molecule has 0 bridgehead atoms. The summed E-state index contributed by atoms with van der Waals surface area (Å²) < 4.78 is 13.9.